The Bertz CT molecular complexity index is 410. The number of carboxylic acids is 1. The van der Waals surface area contributed by atoms with Crippen LogP contribution in [0.3, 0.4) is 0 Å². The second-order valence-electron chi connectivity index (χ2n) is 3.93. The van der Waals surface area contributed by atoms with Gasteiger partial charge in [-0.15, -0.1) is 11.8 Å². The van der Waals surface area contributed by atoms with Crippen molar-refractivity contribution in [2.75, 3.05) is 5.75 Å². The molecule has 1 aliphatic rings. The zero-order valence-electron chi connectivity index (χ0n) is 9.14. The zero-order chi connectivity index (χ0) is 12.3. The van der Waals surface area contributed by atoms with Crippen LogP contribution in [0.1, 0.15) is 12.8 Å². The average Bonchev–Trinajstić information content (AvgIpc) is 2.75. The van der Waals surface area contributed by atoms with Gasteiger partial charge in [-0.25, -0.2) is 4.79 Å². The maximum absolute atomic E-state index is 10.7. The minimum atomic E-state index is -0.847. The number of ether oxygens (including phenoxy) is 1. The number of aliphatic carboxylic acids is 1. The van der Waals surface area contributed by atoms with E-state index < -0.39 is 12.1 Å². The molecule has 0 aliphatic carbocycles. The first-order chi connectivity index (χ1) is 8.15. The SMILES string of the molecule is O=C(O)C1CCC(CSc2cccc(Br)c2)O1. The predicted octanol–water partition coefficient (Wildman–Crippen LogP) is 3.17. The summed E-state index contributed by atoms with van der Waals surface area (Å²) in [6.45, 7) is 0. The monoisotopic (exact) mass is 316 g/mol. The first-order valence-corrected chi connectivity index (χ1v) is 7.19. The van der Waals surface area contributed by atoms with E-state index in [0.717, 1.165) is 16.6 Å². The molecule has 1 aliphatic heterocycles. The van der Waals surface area contributed by atoms with E-state index in [4.69, 9.17) is 9.84 Å². The maximum Gasteiger partial charge on any atom is 0.332 e. The summed E-state index contributed by atoms with van der Waals surface area (Å²) in [5.41, 5.74) is 0. The van der Waals surface area contributed by atoms with Crippen LogP contribution >= 0.6 is 27.7 Å². The van der Waals surface area contributed by atoms with Crippen LogP contribution in [-0.2, 0) is 9.53 Å². The maximum atomic E-state index is 10.7. The van der Waals surface area contributed by atoms with Crippen molar-refractivity contribution in [3.8, 4) is 0 Å². The summed E-state index contributed by atoms with van der Waals surface area (Å²) in [7, 11) is 0. The van der Waals surface area contributed by atoms with Crippen LogP contribution < -0.4 is 0 Å². The summed E-state index contributed by atoms with van der Waals surface area (Å²) in [4.78, 5) is 11.9. The number of benzene rings is 1. The average molecular weight is 317 g/mol. The molecule has 0 radical (unpaired) electrons. The topological polar surface area (TPSA) is 46.5 Å². The molecule has 1 heterocycles. The number of hydrogen-bond acceptors (Lipinski definition) is 3. The Labute approximate surface area is 113 Å². The molecule has 17 heavy (non-hydrogen) atoms. The molecule has 1 fully saturated rings. The Morgan fingerprint density at radius 1 is 1.53 bits per heavy atom. The number of halogens is 1. The van der Waals surface area contributed by atoms with E-state index in [2.05, 4.69) is 15.9 Å². The van der Waals surface area contributed by atoms with Gasteiger partial charge in [0.2, 0.25) is 0 Å². The highest BCUT2D eigenvalue weighted by Gasteiger charge is 2.30. The molecule has 2 rings (SSSR count). The second-order valence-corrected chi connectivity index (χ2v) is 5.94. The van der Waals surface area contributed by atoms with Gasteiger partial charge in [0.25, 0.3) is 0 Å². The van der Waals surface area contributed by atoms with Gasteiger partial charge in [-0.1, -0.05) is 22.0 Å². The van der Waals surface area contributed by atoms with Crippen LogP contribution in [0, 0.1) is 0 Å². The van der Waals surface area contributed by atoms with Crippen LogP contribution in [0.15, 0.2) is 33.6 Å². The number of carboxylic acid groups (broad SMARTS) is 1. The van der Waals surface area contributed by atoms with Crippen LogP contribution in [0.25, 0.3) is 0 Å². The van der Waals surface area contributed by atoms with Gasteiger partial charge in [0.15, 0.2) is 6.10 Å². The van der Waals surface area contributed by atoms with E-state index in [1.165, 1.54) is 4.90 Å². The van der Waals surface area contributed by atoms with Crippen molar-refractivity contribution in [1.29, 1.82) is 0 Å². The van der Waals surface area contributed by atoms with Crippen molar-refractivity contribution in [2.24, 2.45) is 0 Å². The lowest BCUT2D eigenvalue weighted by Gasteiger charge is -2.10. The minimum absolute atomic E-state index is 0.0556. The van der Waals surface area contributed by atoms with Gasteiger partial charge in [-0.05, 0) is 31.0 Å². The van der Waals surface area contributed by atoms with Gasteiger partial charge in [0, 0.05) is 15.1 Å². The van der Waals surface area contributed by atoms with E-state index in [-0.39, 0.29) is 6.10 Å². The zero-order valence-corrected chi connectivity index (χ0v) is 11.5. The number of hydrogen-bond donors (Lipinski definition) is 1. The van der Waals surface area contributed by atoms with E-state index in [0.29, 0.717) is 6.42 Å². The molecule has 92 valence electrons. The summed E-state index contributed by atoms with van der Waals surface area (Å²) in [6.07, 6.45) is 0.903. The number of rotatable bonds is 4. The van der Waals surface area contributed by atoms with Crippen molar-refractivity contribution < 1.29 is 14.6 Å². The van der Waals surface area contributed by atoms with Gasteiger partial charge < -0.3 is 9.84 Å². The smallest absolute Gasteiger partial charge is 0.332 e. The molecule has 0 saturated carbocycles. The highest BCUT2D eigenvalue weighted by Crippen LogP contribution is 2.28. The standard InChI is InChI=1S/C12H13BrO3S/c13-8-2-1-3-10(6-8)17-7-9-4-5-11(16-9)12(14)15/h1-3,6,9,11H,4-5,7H2,(H,14,15). The lowest BCUT2D eigenvalue weighted by molar-refractivity contribution is -0.148. The quantitative estimate of drug-likeness (QED) is 0.867. The molecule has 0 amide bonds. The van der Waals surface area contributed by atoms with Gasteiger partial charge >= 0.3 is 5.97 Å². The third kappa shape index (κ3) is 3.72. The van der Waals surface area contributed by atoms with E-state index >= 15 is 0 Å². The third-order valence-corrected chi connectivity index (χ3v) is 4.23. The lowest BCUT2D eigenvalue weighted by atomic mass is 10.2. The molecule has 1 aromatic rings. The highest BCUT2D eigenvalue weighted by atomic mass is 79.9. The molecule has 0 aromatic heterocycles. The highest BCUT2D eigenvalue weighted by molar-refractivity contribution is 9.10. The first kappa shape index (κ1) is 12.9. The molecular formula is C12H13BrO3S. The molecule has 1 aromatic carbocycles. The Morgan fingerprint density at radius 2 is 2.35 bits per heavy atom. The van der Waals surface area contributed by atoms with Gasteiger partial charge in [0.1, 0.15) is 0 Å². The lowest BCUT2D eigenvalue weighted by Crippen LogP contribution is -2.21. The third-order valence-electron chi connectivity index (χ3n) is 2.61. The van der Waals surface area contributed by atoms with E-state index in [1.54, 1.807) is 11.8 Å². The molecule has 3 nitrogen and oxygen atoms in total. The Morgan fingerprint density at radius 3 is 3.00 bits per heavy atom. The summed E-state index contributed by atoms with van der Waals surface area (Å²) in [6, 6.07) is 8.06. The van der Waals surface area contributed by atoms with Crippen LogP contribution in [0.4, 0.5) is 0 Å². The molecular weight excluding hydrogens is 304 g/mol. The number of carbonyl (C=O) groups is 1. The molecule has 0 spiro atoms. The fraction of sp³-hybridized carbons (Fsp3) is 0.417. The summed E-state index contributed by atoms with van der Waals surface area (Å²) < 4.78 is 6.50. The Balaban J connectivity index is 1.82. The van der Waals surface area contributed by atoms with Crippen molar-refractivity contribution >= 4 is 33.7 Å². The molecule has 5 heteroatoms. The van der Waals surface area contributed by atoms with Gasteiger partial charge in [0.05, 0.1) is 6.10 Å². The molecule has 2 atom stereocenters. The molecule has 2 unspecified atom stereocenters. The largest absolute Gasteiger partial charge is 0.479 e. The predicted molar refractivity (Wildman–Crippen MR) is 70.4 cm³/mol. The van der Waals surface area contributed by atoms with E-state index in [1.807, 2.05) is 24.3 Å². The van der Waals surface area contributed by atoms with Crippen LogP contribution in [-0.4, -0.2) is 29.0 Å². The fourth-order valence-corrected chi connectivity index (χ4v) is 3.32. The van der Waals surface area contributed by atoms with E-state index in [9.17, 15) is 4.79 Å². The molecule has 1 saturated heterocycles. The molecule has 0 bridgehead atoms. The molecule has 1 N–H and O–H groups in total. The summed E-state index contributed by atoms with van der Waals surface area (Å²) in [5, 5.41) is 8.81. The van der Waals surface area contributed by atoms with Crippen molar-refractivity contribution in [1.82, 2.24) is 0 Å². The minimum Gasteiger partial charge on any atom is -0.479 e. The normalized spacial score (nSPS) is 23.8. The number of thioether (sulfide) groups is 1. The van der Waals surface area contributed by atoms with Gasteiger partial charge in [-0.3, -0.25) is 0 Å². The fourth-order valence-electron chi connectivity index (χ4n) is 1.76. The Hall–Kier alpha value is -0.520. The van der Waals surface area contributed by atoms with Crippen LogP contribution in [0.2, 0.25) is 0 Å². The summed E-state index contributed by atoms with van der Waals surface area (Å²) >= 11 is 5.12. The second kappa shape index (κ2) is 5.89. The summed E-state index contributed by atoms with van der Waals surface area (Å²) in [5.74, 6) is -0.0415. The van der Waals surface area contributed by atoms with Crippen molar-refractivity contribution in [2.45, 2.75) is 29.9 Å². The van der Waals surface area contributed by atoms with Gasteiger partial charge in [-0.2, -0.15) is 0 Å². The van der Waals surface area contributed by atoms with Crippen molar-refractivity contribution in [3.05, 3.63) is 28.7 Å². The Kier molecular flexibility index (Phi) is 4.48. The van der Waals surface area contributed by atoms with Crippen molar-refractivity contribution in [3.63, 3.8) is 0 Å². The van der Waals surface area contributed by atoms with Crippen LogP contribution in [0.5, 0.6) is 0 Å². The first-order valence-electron chi connectivity index (χ1n) is 5.42.